The molecule has 0 unspecified atom stereocenters. The Bertz CT molecular complexity index is 1550. The Morgan fingerprint density at radius 2 is 2.15 bits per heavy atom. The third-order valence-corrected chi connectivity index (χ3v) is 10.4. The van der Waals surface area contributed by atoms with Gasteiger partial charge in [-0.2, -0.15) is 4.98 Å². The lowest BCUT2D eigenvalue weighted by Crippen LogP contribution is -2.52. The first-order valence-corrected chi connectivity index (χ1v) is 15.1. The van der Waals surface area contributed by atoms with E-state index in [1.54, 1.807) is 18.3 Å². The Labute approximate surface area is 249 Å². The van der Waals surface area contributed by atoms with Crippen molar-refractivity contribution < 1.29 is 18.9 Å². The Morgan fingerprint density at radius 3 is 2.88 bits per heavy atom. The van der Waals surface area contributed by atoms with Crippen LogP contribution in [0.1, 0.15) is 70.3 Å². The van der Waals surface area contributed by atoms with Crippen molar-refractivity contribution in [1.29, 1.82) is 0 Å². The van der Waals surface area contributed by atoms with Crippen LogP contribution in [0.25, 0.3) is 11.2 Å². The number of allylic oxidation sites excluding steroid dienone is 3. The van der Waals surface area contributed by atoms with E-state index in [1.807, 2.05) is 17.9 Å². The van der Waals surface area contributed by atoms with E-state index < -0.39 is 5.97 Å². The highest BCUT2D eigenvalue weighted by Crippen LogP contribution is 2.61. The highest BCUT2D eigenvalue weighted by molar-refractivity contribution is 9.10. The smallest absolute Gasteiger partial charge is 0.355 e. The fourth-order valence-corrected chi connectivity index (χ4v) is 7.43. The van der Waals surface area contributed by atoms with Crippen molar-refractivity contribution in [2.24, 2.45) is 29.7 Å². The van der Waals surface area contributed by atoms with Gasteiger partial charge in [-0.25, -0.2) is 9.36 Å². The zero-order valence-electron chi connectivity index (χ0n) is 24.5. The largest absolute Gasteiger partial charge is 0.456 e. The first kappa shape index (κ1) is 29.2. The average Bonchev–Trinajstić information content (AvgIpc) is 3.52. The van der Waals surface area contributed by atoms with Gasteiger partial charge in [-0.3, -0.25) is 9.36 Å². The SMILES string of the molecule is C/C(=C\Cn1c[n+](C)c2ncnc(N)c21)CC[C@]1(C)[C@@H](C)CC[C@@]2(C)C(COC(=O)c3cc(Br)c[nH]3)=CC(=O)C[C@@H]12. The molecule has 9 nitrogen and oxygen atoms in total. The van der Waals surface area contributed by atoms with Gasteiger partial charge in [0.15, 0.2) is 24.3 Å². The first-order chi connectivity index (χ1) is 19.4. The third-order valence-electron chi connectivity index (χ3n) is 9.95. The van der Waals surface area contributed by atoms with Crippen molar-refractivity contribution >= 4 is 44.7 Å². The molecule has 0 aromatic carbocycles. The Balaban J connectivity index is 1.30. The topological polar surface area (TPSA) is 120 Å². The molecule has 3 N–H and O–H groups in total. The van der Waals surface area contributed by atoms with Gasteiger partial charge >= 0.3 is 11.6 Å². The summed E-state index contributed by atoms with van der Waals surface area (Å²) in [7, 11) is 1.96. The number of aromatic amines is 1. The van der Waals surface area contributed by atoms with Crippen molar-refractivity contribution in [3.63, 3.8) is 0 Å². The van der Waals surface area contributed by atoms with Crippen LogP contribution in [0.3, 0.4) is 0 Å². The number of ether oxygens (including phenoxy) is 1. The number of nitrogen functional groups attached to an aromatic ring is 1. The Kier molecular flexibility index (Phi) is 7.98. The fraction of sp³-hybridized carbons (Fsp3) is 0.516. The second kappa shape index (κ2) is 11.2. The number of nitrogens with one attached hydrogen (secondary N) is 1. The molecule has 0 aliphatic heterocycles. The number of hydrogen-bond acceptors (Lipinski definition) is 6. The minimum Gasteiger partial charge on any atom is -0.456 e. The average molecular weight is 625 g/mol. The predicted octanol–water partition coefficient (Wildman–Crippen LogP) is 5.47. The van der Waals surface area contributed by atoms with Gasteiger partial charge in [-0.05, 0) is 88.9 Å². The van der Waals surface area contributed by atoms with Gasteiger partial charge in [0.25, 0.3) is 0 Å². The number of imidazole rings is 1. The summed E-state index contributed by atoms with van der Waals surface area (Å²) in [5, 5.41) is 0. The van der Waals surface area contributed by atoms with Crippen LogP contribution in [0, 0.1) is 22.7 Å². The van der Waals surface area contributed by atoms with Crippen LogP contribution in [0.4, 0.5) is 5.82 Å². The van der Waals surface area contributed by atoms with Crippen molar-refractivity contribution in [2.45, 2.75) is 66.3 Å². The molecule has 4 atom stereocenters. The number of fused-ring (bicyclic) bond motifs is 2. The molecule has 2 aliphatic carbocycles. The van der Waals surface area contributed by atoms with E-state index in [0.29, 0.717) is 30.4 Å². The first-order valence-electron chi connectivity index (χ1n) is 14.3. The summed E-state index contributed by atoms with van der Waals surface area (Å²) in [5.74, 6) is 0.841. The second-order valence-corrected chi connectivity index (χ2v) is 13.3. The van der Waals surface area contributed by atoms with E-state index >= 15 is 0 Å². The molecular formula is C31H40BrN6O3+. The number of halogens is 1. The summed E-state index contributed by atoms with van der Waals surface area (Å²) in [6.45, 7) is 9.96. The minimum atomic E-state index is -0.417. The number of ketones is 1. The highest BCUT2D eigenvalue weighted by atomic mass is 79.9. The summed E-state index contributed by atoms with van der Waals surface area (Å²) < 4.78 is 10.5. The molecule has 3 aromatic rings. The summed E-state index contributed by atoms with van der Waals surface area (Å²) in [5.41, 5.74) is 10.2. The summed E-state index contributed by atoms with van der Waals surface area (Å²) in [4.78, 5) is 37.2. The summed E-state index contributed by atoms with van der Waals surface area (Å²) in [6.07, 6.45) is 13.7. The standard InChI is InChI=1S/C31H39BrN6O3/c1-19(8-11-38-18-37(5)28-26(38)27(33)35-17-36-28)6-9-30(3)20(2)7-10-31(4)21(12-23(39)14-25(30)31)16-41-29(40)24-13-22(32)15-34-24/h8,12-13,15,17-18,20,25H,6-7,9-11,14,16H2,1-5H3,(H2-,33,34,35,36,40)/p+1/b19-8+/t20-,25-,30+,31-/m0/s1. The van der Waals surface area contributed by atoms with E-state index in [1.165, 1.54) is 11.9 Å². The van der Waals surface area contributed by atoms with Crippen LogP contribution < -0.4 is 10.3 Å². The molecule has 0 amide bonds. The van der Waals surface area contributed by atoms with Crippen molar-refractivity contribution in [3.05, 3.63) is 58.4 Å². The molecule has 0 radical (unpaired) electrons. The predicted molar refractivity (Wildman–Crippen MR) is 161 cm³/mol. The van der Waals surface area contributed by atoms with Crippen LogP contribution in [0.5, 0.6) is 0 Å². The molecule has 1 fully saturated rings. The van der Waals surface area contributed by atoms with E-state index in [0.717, 1.165) is 46.9 Å². The number of anilines is 1. The van der Waals surface area contributed by atoms with Crippen LogP contribution >= 0.6 is 15.9 Å². The van der Waals surface area contributed by atoms with Gasteiger partial charge in [0.05, 0.1) is 13.6 Å². The van der Waals surface area contributed by atoms with Crippen molar-refractivity contribution in [1.82, 2.24) is 19.5 Å². The molecule has 218 valence electrons. The Hall–Kier alpha value is -3.27. The van der Waals surface area contributed by atoms with Crippen LogP contribution in [0.15, 0.2) is 52.7 Å². The normalized spacial score (nSPS) is 26.6. The van der Waals surface area contributed by atoms with Crippen LogP contribution in [-0.4, -0.2) is 37.9 Å². The van der Waals surface area contributed by atoms with Gasteiger partial charge in [-0.15, -0.1) is 0 Å². The molecule has 0 spiro atoms. The highest BCUT2D eigenvalue weighted by Gasteiger charge is 2.55. The zero-order chi connectivity index (χ0) is 29.5. The maximum absolute atomic E-state index is 13.1. The number of aromatic nitrogens is 5. The zero-order valence-corrected chi connectivity index (χ0v) is 26.1. The molecule has 41 heavy (non-hydrogen) atoms. The van der Waals surface area contributed by atoms with Crippen molar-refractivity contribution in [3.8, 4) is 0 Å². The summed E-state index contributed by atoms with van der Waals surface area (Å²) >= 11 is 3.36. The van der Waals surface area contributed by atoms with E-state index in [-0.39, 0.29) is 29.1 Å². The summed E-state index contributed by atoms with van der Waals surface area (Å²) in [6, 6.07) is 1.70. The number of carbonyl (C=O) groups is 2. The molecule has 0 saturated heterocycles. The molecule has 0 bridgehead atoms. The van der Waals surface area contributed by atoms with E-state index in [2.05, 4.69) is 69.2 Å². The number of esters is 1. The molecule has 1 saturated carbocycles. The number of rotatable bonds is 8. The molecule has 3 aromatic heterocycles. The number of hydrogen-bond donors (Lipinski definition) is 2. The van der Waals surface area contributed by atoms with Gasteiger partial charge in [0, 0.05) is 17.1 Å². The minimum absolute atomic E-state index is 0.0313. The van der Waals surface area contributed by atoms with E-state index in [4.69, 9.17) is 10.5 Å². The Morgan fingerprint density at radius 1 is 1.37 bits per heavy atom. The van der Waals surface area contributed by atoms with Gasteiger partial charge in [0.1, 0.15) is 12.3 Å². The maximum Gasteiger partial charge on any atom is 0.355 e. The fourth-order valence-electron chi connectivity index (χ4n) is 7.09. The van der Waals surface area contributed by atoms with Crippen LogP contribution in [0.2, 0.25) is 0 Å². The quantitative estimate of drug-likeness (QED) is 0.195. The lowest BCUT2D eigenvalue weighted by Gasteiger charge is -2.57. The lowest BCUT2D eigenvalue weighted by molar-refractivity contribution is -0.647. The molecule has 2 aliphatic rings. The van der Waals surface area contributed by atoms with Gasteiger partial charge in [0.2, 0.25) is 5.52 Å². The van der Waals surface area contributed by atoms with Crippen molar-refractivity contribution in [2.75, 3.05) is 12.3 Å². The molecule has 10 heteroatoms. The number of carbonyl (C=O) groups excluding carboxylic acids is 2. The lowest BCUT2D eigenvalue weighted by atomic mass is 9.46. The van der Waals surface area contributed by atoms with E-state index in [9.17, 15) is 9.59 Å². The second-order valence-electron chi connectivity index (χ2n) is 12.4. The van der Waals surface area contributed by atoms with Gasteiger partial charge in [-0.1, -0.05) is 37.4 Å². The van der Waals surface area contributed by atoms with Gasteiger partial charge < -0.3 is 15.5 Å². The third kappa shape index (κ3) is 5.50. The monoisotopic (exact) mass is 623 g/mol. The maximum atomic E-state index is 13.1. The molecule has 5 rings (SSSR count). The number of nitrogens with zero attached hydrogens (tertiary/aromatic N) is 4. The number of H-pyrrole nitrogens is 1. The number of aryl methyl sites for hydroxylation is 1. The molecular weight excluding hydrogens is 584 g/mol. The number of nitrogens with two attached hydrogens (primary N) is 1. The molecule has 3 heterocycles. The van der Waals surface area contributed by atoms with Crippen LogP contribution in [-0.2, 0) is 23.1 Å².